The Labute approximate surface area is 91.6 Å². The normalized spacial score (nSPS) is 11.3. The van der Waals surface area contributed by atoms with E-state index in [1.807, 2.05) is 0 Å². The van der Waals surface area contributed by atoms with Crippen LogP contribution in [-0.2, 0) is 9.84 Å². The monoisotopic (exact) mass is 252 g/mol. The molecule has 0 N–H and O–H groups in total. The van der Waals surface area contributed by atoms with Crippen molar-refractivity contribution in [3.8, 4) is 0 Å². The third-order valence-corrected chi connectivity index (χ3v) is 3.94. The Kier molecular flexibility index (Phi) is 3.53. The van der Waals surface area contributed by atoms with Crippen LogP contribution < -0.4 is 0 Å². The van der Waals surface area contributed by atoms with Crippen molar-refractivity contribution < 1.29 is 13.2 Å². The summed E-state index contributed by atoms with van der Waals surface area (Å²) < 4.78 is 22.5. The van der Waals surface area contributed by atoms with Gasteiger partial charge in [0.1, 0.15) is 5.21 Å². The zero-order valence-corrected chi connectivity index (χ0v) is 9.23. The van der Waals surface area contributed by atoms with Crippen molar-refractivity contribution in [3.63, 3.8) is 0 Å². The van der Waals surface area contributed by atoms with E-state index in [4.69, 9.17) is 23.2 Å². The highest BCUT2D eigenvalue weighted by Crippen LogP contribution is 2.14. The fraction of sp³-hybridized carbons (Fsp3) is 0.125. The molecule has 6 heteroatoms. The van der Waals surface area contributed by atoms with E-state index in [-0.39, 0.29) is 10.5 Å². The molecule has 0 heterocycles. The molecular weight excluding hydrogens is 247 g/mol. The van der Waals surface area contributed by atoms with Crippen LogP contribution in [0.25, 0.3) is 0 Å². The summed E-state index contributed by atoms with van der Waals surface area (Å²) in [6.07, 6.45) is 0. The Morgan fingerprint density at radius 1 is 1.21 bits per heavy atom. The molecule has 0 amide bonds. The van der Waals surface area contributed by atoms with Crippen LogP contribution in [0.1, 0.15) is 10.4 Å². The zero-order valence-electron chi connectivity index (χ0n) is 6.91. The summed E-state index contributed by atoms with van der Waals surface area (Å²) in [5.41, 5.74) is 0.250. The number of rotatable bonds is 3. The predicted octanol–water partition coefficient (Wildman–Crippen LogP) is 2.04. The topological polar surface area (TPSA) is 51.2 Å². The van der Waals surface area contributed by atoms with Crippen LogP contribution in [-0.4, -0.2) is 18.9 Å². The average Bonchev–Trinajstić information content (AvgIpc) is 2.18. The third-order valence-electron chi connectivity index (χ3n) is 1.58. The molecule has 0 aliphatic rings. The molecule has 0 spiro atoms. The summed E-state index contributed by atoms with van der Waals surface area (Å²) >= 11 is 10.4. The Hall–Kier alpha value is -0.580. The summed E-state index contributed by atoms with van der Waals surface area (Å²) in [6, 6.07) is 5.28. The van der Waals surface area contributed by atoms with Gasteiger partial charge >= 0.3 is 0 Å². The minimum absolute atomic E-state index is 0.0779. The van der Waals surface area contributed by atoms with Crippen LogP contribution in [0.3, 0.4) is 0 Å². The molecule has 76 valence electrons. The summed E-state index contributed by atoms with van der Waals surface area (Å²) in [6.45, 7) is 0. The summed E-state index contributed by atoms with van der Waals surface area (Å²) in [7, 11) is -3.43. The molecule has 1 aromatic carbocycles. The second kappa shape index (κ2) is 4.29. The van der Waals surface area contributed by atoms with Gasteiger partial charge in [-0.1, -0.05) is 0 Å². The van der Waals surface area contributed by atoms with Gasteiger partial charge in [-0.15, -0.1) is 11.6 Å². The maximum absolute atomic E-state index is 11.2. The third kappa shape index (κ3) is 2.47. The largest absolute Gasteiger partial charge is 0.276 e. The summed E-state index contributed by atoms with van der Waals surface area (Å²) in [5, 5.41) is -1.11. The molecule has 0 atom stereocenters. The Morgan fingerprint density at radius 2 is 1.71 bits per heavy atom. The van der Waals surface area contributed by atoms with Gasteiger partial charge in [-0.05, 0) is 35.9 Å². The van der Waals surface area contributed by atoms with Crippen LogP contribution in [0, 0.1) is 0 Å². The van der Waals surface area contributed by atoms with Gasteiger partial charge < -0.3 is 0 Å². The molecule has 0 saturated heterocycles. The lowest BCUT2D eigenvalue weighted by atomic mass is 10.2. The molecular formula is C8H6Cl2O3S. The maximum Gasteiger partial charge on any atom is 0.252 e. The first-order chi connectivity index (χ1) is 6.47. The maximum atomic E-state index is 11.2. The molecule has 0 radical (unpaired) electrons. The van der Waals surface area contributed by atoms with Crippen molar-refractivity contribution in [2.75, 3.05) is 5.21 Å². The highest BCUT2D eigenvalue weighted by molar-refractivity contribution is 7.92. The second-order valence-electron chi connectivity index (χ2n) is 2.52. The lowest BCUT2D eigenvalue weighted by Gasteiger charge is -2.00. The summed E-state index contributed by atoms with van der Waals surface area (Å²) in [5.74, 6) is 0. The fourth-order valence-corrected chi connectivity index (χ4v) is 2.04. The molecule has 0 saturated carbocycles. The van der Waals surface area contributed by atoms with E-state index in [2.05, 4.69) is 0 Å². The van der Waals surface area contributed by atoms with Gasteiger partial charge in [0.05, 0.1) is 4.90 Å². The van der Waals surface area contributed by atoms with Crippen molar-refractivity contribution in [1.29, 1.82) is 0 Å². The van der Waals surface area contributed by atoms with Gasteiger partial charge in [-0.2, -0.15) is 0 Å². The van der Waals surface area contributed by atoms with E-state index >= 15 is 0 Å². The molecule has 0 fully saturated rings. The molecule has 0 aliphatic heterocycles. The minimum Gasteiger partial charge on any atom is -0.276 e. The molecule has 3 nitrogen and oxygen atoms in total. The number of benzene rings is 1. The smallest absolute Gasteiger partial charge is 0.252 e. The Morgan fingerprint density at radius 3 is 2.07 bits per heavy atom. The van der Waals surface area contributed by atoms with E-state index < -0.39 is 20.3 Å². The van der Waals surface area contributed by atoms with Gasteiger partial charge in [-0.3, -0.25) is 4.79 Å². The quantitative estimate of drug-likeness (QED) is 0.611. The lowest BCUT2D eigenvalue weighted by molar-refractivity contribution is 0.108. The first kappa shape index (κ1) is 11.5. The SMILES string of the molecule is O=C(Cl)c1ccc(S(=O)(=O)CCl)cc1. The highest BCUT2D eigenvalue weighted by Gasteiger charge is 2.12. The van der Waals surface area contributed by atoms with E-state index in [1.54, 1.807) is 0 Å². The minimum atomic E-state index is -3.43. The Balaban J connectivity index is 3.12. The van der Waals surface area contributed by atoms with Gasteiger partial charge in [-0.25, -0.2) is 8.42 Å². The van der Waals surface area contributed by atoms with Crippen molar-refractivity contribution >= 4 is 38.3 Å². The van der Waals surface area contributed by atoms with Crippen LogP contribution in [0.2, 0.25) is 0 Å². The average molecular weight is 253 g/mol. The number of hydrogen-bond acceptors (Lipinski definition) is 3. The van der Waals surface area contributed by atoms with Crippen LogP contribution in [0.15, 0.2) is 29.2 Å². The van der Waals surface area contributed by atoms with Crippen molar-refractivity contribution in [2.24, 2.45) is 0 Å². The highest BCUT2D eigenvalue weighted by atomic mass is 35.5. The fourth-order valence-electron chi connectivity index (χ4n) is 0.856. The first-order valence-corrected chi connectivity index (χ1v) is 6.12. The van der Waals surface area contributed by atoms with Gasteiger partial charge in [0.15, 0.2) is 9.84 Å². The number of halogens is 2. The van der Waals surface area contributed by atoms with Crippen molar-refractivity contribution in [1.82, 2.24) is 0 Å². The molecule has 1 rings (SSSR count). The standard InChI is InChI=1S/C8H6Cl2O3S/c9-5-14(12,13)7-3-1-6(2-4-7)8(10)11/h1-4H,5H2. The number of hydrogen-bond donors (Lipinski definition) is 0. The molecule has 14 heavy (non-hydrogen) atoms. The van der Waals surface area contributed by atoms with Gasteiger partial charge in [0.2, 0.25) is 0 Å². The number of carbonyl (C=O) groups excluding carboxylic acids is 1. The Bertz CT molecular complexity index is 436. The number of sulfone groups is 1. The second-order valence-corrected chi connectivity index (χ2v) is 5.44. The van der Waals surface area contributed by atoms with E-state index in [1.165, 1.54) is 24.3 Å². The van der Waals surface area contributed by atoms with Gasteiger partial charge in [0, 0.05) is 5.56 Å². The van der Waals surface area contributed by atoms with Crippen LogP contribution in [0.4, 0.5) is 0 Å². The zero-order chi connectivity index (χ0) is 10.8. The van der Waals surface area contributed by atoms with Crippen molar-refractivity contribution in [2.45, 2.75) is 4.90 Å². The van der Waals surface area contributed by atoms with Crippen LogP contribution >= 0.6 is 23.2 Å². The molecule has 0 aliphatic carbocycles. The molecule has 1 aromatic rings. The molecule has 0 aromatic heterocycles. The van der Waals surface area contributed by atoms with Crippen LogP contribution in [0.5, 0.6) is 0 Å². The lowest BCUT2D eigenvalue weighted by Crippen LogP contribution is -2.02. The molecule has 0 bridgehead atoms. The summed E-state index contributed by atoms with van der Waals surface area (Å²) in [4.78, 5) is 10.7. The van der Waals surface area contributed by atoms with E-state index in [0.717, 1.165) is 0 Å². The van der Waals surface area contributed by atoms with E-state index in [0.29, 0.717) is 0 Å². The number of carbonyl (C=O) groups is 1. The molecule has 0 unspecified atom stereocenters. The van der Waals surface area contributed by atoms with Gasteiger partial charge in [0.25, 0.3) is 5.24 Å². The number of alkyl halides is 1. The van der Waals surface area contributed by atoms with E-state index in [9.17, 15) is 13.2 Å². The first-order valence-electron chi connectivity index (χ1n) is 3.56. The van der Waals surface area contributed by atoms with Crippen molar-refractivity contribution in [3.05, 3.63) is 29.8 Å². The predicted molar refractivity (Wildman–Crippen MR) is 54.5 cm³/mol.